The summed E-state index contributed by atoms with van der Waals surface area (Å²) in [6, 6.07) is 5.43. The molecule has 0 saturated carbocycles. The summed E-state index contributed by atoms with van der Waals surface area (Å²) < 4.78 is 13.0. The second kappa shape index (κ2) is 7.54. The van der Waals surface area contributed by atoms with Gasteiger partial charge in [-0.25, -0.2) is 4.39 Å². The fraction of sp³-hybridized carbons (Fsp3) is 0.200. The third kappa shape index (κ3) is 4.51. The predicted octanol–water partition coefficient (Wildman–Crippen LogP) is 2.64. The Kier molecular flexibility index (Phi) is 5.70. The quantitative estimate of drug-likeness (QED) is 0.737. The maximum Gasteiger partial charge on any atom is 0.313 e. The maximum atomic E-state index is 13.0. The predicted molar refractivity (Wildman–Crippen MR) is 87.1 cm³/mol. The highest BCUT2D eigenvalue weighted by Crippen LogP contribution is 2.23. The van der Waals surface area contributed by atoms with Crippen molar-refractivity contribution in [3.63, 3.8) is 0 Å². The zero-order valence-corrected chi connectivity index (χ0v) is 13.7. The second-order valence-corrected chi connectivity index (χ2v) is 6.13. The molecule has 0 spiro atoms. The first-order valence-corrected chi connectivity index (χ1v) is 7.90. The molecule has 8 heteroatoms. The zero-order chi connectivity index (χ0) is 17.0. The first-order valence-electron chi connectivity index (χ1n) is 6.64. The molecule has 0 unspecified atom stereocenters. The lowest BCUT2D eigenvalue weighted by Gasteiger charge is -2.11. The van der Waals surface area contributed by atoms with Crippen LogP contribution >= 0.6 is 22.9 Å². The van der Waals surface area contributed by atoms with E-state index in [1.807, 2.05) is 18.4 Å². The number of rotatable bonds is 4. The molecule has 1 atom stereocenters. The van der Waals surface area contributed by atoms with E-state index in [0.717, 1.165) is 16.5 Å². The van der Waals surface area contributed by atoms with Crippen LogP contribution in [0.1, 0.15) is 16.5 Å². The summed E-state index contributed by atoms with van der Waals surface area (Å²) in [4.78, 5) is 24.2. The largest absolute Gasteiger partial charge is 0.386 e. The van der Waals surface area contributed by atoms with Crippen LogP contribution in [-0.4, -0.2) is 23.5 Å². The summed E-state index contributed by atoms with van der Waals surface area (Å²) in [6.07, 6.45) is -0.882. The number of anilines is 1. The Labute approximate surface area is 141 Å². The van der Waals surface area contributed by atoms with Gasteiger partial charge in [0.25, 0.3) is 0 Å². The van der Waals surface area contributed by atoms with E-state index in [9.17, 15) is 19.1 Å². The number of carbonyl (C=O) groups is 2. The summed E-state index contributed by atoms with van der Waals surface area (Å²) in [6.45, 7) is 1.76. The topological polar surface area (TPSA) is 78.4 Å². The lowest BCUT2D eigenvalue weighted by molar-refractivity contribution is -0.136. The molecule has 0 saturated heterocycles. The van der Waals surface area contributed by atoms with Crippen LogP contribution in [0.4, 0.5) is 10.1 Å². The molecule has 0 bridgehead atoms. The lowest BCUT2D eigenvalue weighted by Crippen LogP contribution is -2.37. The van der Waals surface area contributed by atoms with Crippen LogP contribution in [0.15, 0.2) is 29.6 Å². The summed E-state index contributed by atoms with van der Waals surface area (Å²) in [5, 5.41) is 16.3. The standard InChI is InChI=1S/C15H14ClFN2O3S/c1-8-4-5-23-13(8)12(20)7-18-14(21)15(22)19-9-2-3-11(17)10(16)6-9/h2-6,12,20H,7H2,1H3,(H,18,21)(H,19,22)/t12-/m0/s1. The molecule has 1 heterocycles. The number of hydrogen-bond acceptors (Lipinski definition) is 4. The molecular formula is C15H14ClFN2O3S. The third-order valence-electron chi connectivity index (χ3n) is 3.04. The first kappa shape index (κ1) is 17.4. The van der Waals surface area contributed by atoms with Crippen molar-refractivity contribution in [2.45, 2.75) is 13.0 Å². The van der Waals surface area contributed by atoms with Gasteiger partial charge in [0.05, 0.1) is 5.02 Å². The first-order chi connectivity index (χ1) is 10.9. The molecule has 1 aromatic heterocycles. The Morgan fingerprint density at radius 1 is 1.35 bits per heavy atom. The summed E-state index contributed by atoms with van der Waals surface area (Å²) in [5.41, 5.74) is 1.12. The molecule has 0 aliphatic rings. The van der Waals surface area contributed by atoms with Crippen molar-refractivity contribution in [3.8, 4) is 0 Å². The Balaban J connectivity index is 1.89. The van der Waals surface area contributed by atoms with Gasteiger partial charge in [-0.15, -0.1) is 11.3 Å². The average molecular weight is 357 g/mol. The van der Waals surface area contributed by atoms with Crippen LogP contribution in [0, 0.1) is 12.7 Å². The van der Waals surface area contributed by atoms with Gasteiger partial charge in [-0.05, 0) is 42.1 Å². The average Bonchev–Trinajstić information content (AvgIpc) is 2.94. The van der Waals surface area contributed by atoms with E-state index in [4.69, 9.17) is 11.6 Å². The van der Waals surface area contributed by atoms with Gasteiger partial charge in [-0.1, -0.05) is 11.6 Å². The van der Waals surface area contributed by atoms with Crippen molar-refractivity contribution < 1.29 is 19.1 Å². The summed E-state index contributed by atoms with van der Waals surface area (Å²) in [5.74, 6) is -2.45. The van der Waals surface area contributed by atoms with Gasteiger partial charge in [-0.2, -0.15) is 0 Å². The molecular weight excluding hydrogens is 343 g/mol. The van der Waals surface area contributed by atoms with Crippen molar-refractivity contribution in [1.82, 2.24) is 5.32 Å². The summed E-state index contributed by atoms with van der Waals surface area (Å²) >= 11 is 6.96. The van der Waals surface area contributed by atoms with Gasteiger partial charge in [0.1, 0.15) is 11.9 Å². The number of aliphatic hydroxyl groups is 1. The van der Waals surface area contributed by atoms with E-state index < -0.39 is 23.7 Å². The Morgan fingerprint density at radius 2 is 2.09 bits per heavy atom. The molecule has 0 aliphatic carbocycles. The van der Waals surface area contributed by atoms with Crippen LogP contribution in [0.2, 0.25) is 5.02 Å². The number of nitrogens with one attached hydrogen (secondary N) is 2. The fourth-order valence-electron chi connectivity index (χ4n) is 1.85. The molecule has 2 rings (SSSR count). The minimum Gasteiger partial charge on any atom is -0.386 e. The van der Waals surface area contributed by atoms with E-state index in [2.05, 4.69) is 10.6 Å². The Bertz CT molecular complexity index is 735. The highest BCUT2D eigenvalue weighted by Gasteiger charge is 2.18. The lowest BCUT2D eigenvalue weighted by atomic mass is 10.2. The summed E-state index contributed by atoms with van der Waals surface area (Å²) in [7, 11) is 0. The zero-order valence-electron chi connectivity index (χ0n) is 12.1. The minimum atomic E-state index is -0.928. The number of aryl methyl sites for hydroxylation is 1. The second-order valence-electron chi connectivity index (χ2n) is 4.78. The van der Waals surface area contributed by atoms with E-state index >= 15 is 0 Å². The van der Waals surface area contributed by atoms with Gasteiger partial charge in [0.2, 0.25) is 0 Å². The molecule has 0 fully saturated rings. The van der Waals surface area contributed by atoms with E-state index in [1.54, 1.807) is 0 Å². The van der Waals surface area contributed by atoms with Crippen LogP contribution in [0.25, 0.3) is 0 Å². The molecule has 1 aromatic carbocycles. The molecule has 122 valence electrons. The van der Waals surface area contributed by atoms with Crippen molar-refractivity contribution >= 4 is 40.4 Å². The smallest absolute Gasteiger partial charge is 0.313 e. The number of thiophene rings is 1. The number of benzene rings is 1. The van der Waals surface area contributed by atoms with Crippen LogP contribution in [-0.2, 0) is 9.59 Å². The number of halogens is 2. The molecule has 23 heavy (non-hydrogen) atoms. The molecule has 0 aliphatic heterocycles. The number of hydrogen-bond donors (Lipinski definition) is 3. The van der Waals surface area contributed by atoms with Gasteiger partial charge >= 0.3 is 11.8 Å². The van der Waals surface area contributed by atoms with Gasteiger partial charge in [-0.3, -0.25) is 9.59 Å². The minimum absolute atomic E-state index is 0.0855. The van der Waals surface area contributed by atoms with Crippen molar-refractivity contribution in [2.75, 3.05) is 11.9 Å². The van der Waals surface area contributed by atoms with E-state index in [-0.39, 0.29) is 17.3 Å². The van der Waals surface area contributed by atoms with Crippen LogP contribution in [0.5, 0.6) is 0 Å². The third-order valence-corrected chi connectivity index (χ3v) is 4.45. The number of aliphatic hydroxyl groups excluding tert-OH is 1. The molecule has 2 amide bonds. The highest BCUT2D eigenvalue weighted by molar-refractivity contribution is 7.10. The molecule has 0 radical (unpaired) electrons. The van der Waals surface area contributed by atoms with Gasteiger partial charge < -0.3 is 15.7 Å². The fourth-order valence-corrected chi connectivity index (χ4v) is 2.94. The van der Waals surface area contributed by atoms with Crippen molar-refractivity contribution in [2.24, 2.45) is 0 Å². The van der Waals surface area contributed by atoms with Crippen molar-refractivity contribution in [3.05, 3.63) is 50.9 Å². The van der Waals surface area contributed by atoms with Gasteiger partial charge in [0.15, 0.2) is 0 Å². The van der Waals surface area contributed by atoms with E-state index in [1.165, 1.54) is 23.5 Å². The Morgan fingerprint density at radius 3 is 2.70 bits per heavy atom. The highest BCUT2D eigenvalue weighted by atomic mass is 35.5. The van der Waals surface area contributed by atoms with Gasteiger partial charge in [0, 0.05) is 17.1 Å². The number of amides is 2. The van der Waals surface area contributed by atoms with Crippen LogP contribution < -0.4 is 10.6 Å². The normalized spacial score (nSPS) is 11.8. The maximum absolute atomic E-state index is 13.0. The SMILES string of the molecule is Cc1ccsc1[C@@H](O)CNC(=O)C(=O)Nc1ccc(F)c(Cl)c1. The molecule has 2 aromatic rings. The van der Waals surface area contributed by atoms with E-state index in [0.29, 0.717) is 0 Å². The molecule has 5 nitrogen and oxygen atoms in total. The van der Waals surface area contributed by atoms with Crippen LogP contribution in [0.3, 0.4) is 0 Å². The number of carbonyl (C=O) groups excluding carboxylic acids is 2. The molecule has 3 N–H and O–H groups in total. The monoisotopic (exact) mass is 356 g/mol. The Hall–Kier alpha value is -1.96. The van der Waals surface area contributed by atoms with Crippen molar-refractivity contribution in [1.29, 1.82) is 0 Å².